The third-order valence-electron chi connectivity index (χ3n) is 7.55. The minimum atomic E-state index is -0.249. The number of carbonyl (C=O) groups is 1. The molecule has 0 spiro atoms. The molecule has 2 aromatic rings. The Morgan fingerprint density at radius 2 is 1.61 bits per heavy atom. The zero-order valence-electron chi connectivity index (χ0n) is 22.3. The van der Waals surface area contributed by atoms with Gasteiger partial charge in [0.15, 0.2) is 0 Å². The number of nitrogens with zero attached hydrogens (tertiary/aromatic N) is 3. The number of hydrogen-bond acceptors (Lipinski definition) is 6. The second-order valence-electron chi connectivity index (χ2n) is 10.4. The maximum Gasteiger partial charge on any atom is 0.314 e. The first-order valence-corrected chi connectivity index (χ1v) is 15.0. The Hall–Kier alpha value is -2.26. The Morgan fingerprint density at radius 3 is 2.25 bits per heavy atom. The average molecular weight is 510 g/mol. The summed E-state index contributed by atoms with van der Waals surface area (Å²) in [7, 11) is 0. The van der Waals surface area contributed by atoms with Gasteiger partial charge in [0, 0.05) is 12.0 Å². The Labute approximate surface area is 221 Å². The van der Waals surface area contributed by atoms with E-state index in [1.165, 1.54) is 57.8 Å². The fourth-order valence-corrected chi connectivity index (χ4v) is 5.99. The van der Waals surface area contributed by atoms with Gasteiger partial charge in [-0.1, -0.05) is 83.0 Å². The Morgan fingerprint density at radius 1 is 0.972 bits per heavy atom. The van der Waals surface area contributed by atoms with Crippen molar-refractivity contribution in [3.63, 3.8) is 0 Å². The predicted octanol–water partition coefficient (Wildman–Crippen LogP) is 8.68. The van der Waals surface area contributed by atoms with E-state index in [0.717, 1.165) is 60.5 Å². The highest BCUT2D eigenvalue weighted by molar-refractivity contribution is 7.14. The average Bonchev–Trinajstić information content (AvgIpc) is 3.38. The molecular formula is C30H43N3O2S. The minimum Gasteiger partial charge on any atom is -0.426 e. The van der Waals surface area contributed by atoms with E-state index in [9.17, 15) is 10.1 Å². The number of ether oxygens (including phenoxy) is 1. The summed E-state index contributed by atoms with van der Waals surface area (Å²) in [5.74, 6) is 0.283. The molecule has 0 radical (unpaired) electrons. The van der Waals surface area contributed by atoms with Gasteiger partial charge in [0.05, 0.1) is 17.4 Å². The molecule has 36 heavy (non-hydrogen) atoms. The molecule has 0 unspecified atom stereocenters. The molecule has 3 rings (SSSR count). The van der Waals surface area contributed by atoms with Crippen LogP contribution in [0, 0.1) is 22.7 Å². The van der Waals surface area contributed by atoms with Crippen LogP contribution in [0.5, 0.6) is 5.75 Å². The third-order valence-corrected chi connectivity index (χ3v) is 8.58. The minimum absolute atomic E-state index is 0.116. The molecule has 0 atom stereocenters. The van der Waals surface area contributed by atoms with Gasteiger partial charge in [-0.3, -0.25) is 4.79 Å². The second-order valence-corrected chi connectivity index (χ2v) is 11.5. The lowest BCUT2D eigenvalue weighted by molar-refractivity contribution is -0.140. The monoisotopic (exact) mass is 509 g/mol. The zero-order chi connectivity index (χ0) is 25.6. The van der Waals surface area contributed by atoms with E-state index < -0.39 is 0 Å². The van der Waals surface area contributed by atoms with Crippen molar-refractivity contribution in [2.45, 2.75) is 117 Å². The SMILES string of the molecule is CCCCCCCc1nnc(-c2ccc(OC(=O)C3CCC(C#N)(CCCCCCC)CC3)cc2)s1. The molecule has 1 aromatic heterocycles. The third kappa shape index (κ3) is 8.69. The summed E-state index contributed by atoms with van der Waals surface area (Å²) in [6.45, 7) is 4.45. The molecule has 6 heteroatoms. The number of aromatic nitrogens is 2. The molecule has 0 N–H and O–H groups in total. The molecule has 0 saturated heterocycles. The van der Waals surface area contributed by atoms with Gasteiger partial charge in [0.25, 0.3) is 0 Å². The van der Waals surface area contributed by atoms with Crippen molar-refractivity contribution in [2.24, 2.45) is 11.3 Å². The molecule has 0 bridgehead atoms. The Kier molecular flexibility index (Phi) is 11.9. The lowest BCUT2D eigenvalue weighted by Crippen LogP contribution is -2.31. The van der Waals surface area contributed by atoms with E-state index in [1.807, 2.05) is 24.3 Å². The van der Waals surface area contributed by atoms with Crippen LogP contribution in [0.1, 0.15) is 115 Å². The van der Waals surface area contributed by atoms with E-state index >= 15 is 0 Å². The second kappa shape index (κ2) is 15.1. The molecule has 1 heterocycles. The van der Waals surface area contributed by atoms with Crippen molar-refractivity contribution in [3.8, 4) is 22.4 Å². The van der Waals surface area contributed by atoms with E-state index in [-0.39, 0.29) is 17.3 Å². The summed E-state index contributed by atoms with van der Waals surface area (Å²) in [5.41, 5.74) is 0.751. The molecule has 5 nitrogen and oxygen atoms in total. The summed E-state index contributed by atoms with van der Waals surface area (Å²) < 4.78 is 5.71. The molecule has 0 aliphatic heterocycles. The van der Waals surface area contributed by atoms with E-state index in [1.54, 1.807) is 11.3 Å². The summed E-state index contributed by atoms with van der Waals surface area (Å²) in [5, 5.41) is 20.5. The van der Waals surface area contributed by atoms with Crippen LogP contribution in [0.2, 0.25) is 0 Å². The molecule has 1 aromatic carbocycles. The number of rotatable bonds is 15. The number of aryl methyl sites for hydroxylation is 1. The van der Waals surface area contributed by atoms with Crippen molar-refractivity contribution in [1.29, 1.82) is 5.26 Å². The number of benzene rings is 1. The van der Waals surface area contributed by atoms with Gasteiger partial charge < -0.3 is 4.74 Å². The first kappa shape index (κ1) is 28.3. The van der Waals surface area contributed by atoms with Crippen LogP contribution in [0.25, 0.3) is 10.6 Å². The molecule has 1 aliphatic rings. The normalized spacial score (nSPS) is 19.6. The highest BCUT2D eigenvalue weighted by Crippen LogP contribution is 2.43. The van der Waals surface area contributed by atoms with Gasteiger partial charge >= 0.3 is 5.97 Å². The van der Waals surface area contributed by atoms with Crippen LogP contribution in [0.3, 0.4) is 0 Å². The molecular weight excluding hydrogens is 466 g/mol. The first-order chi connectivity index (χ1) is 17.6. The van der Waals surface area contributed by atoms with Gasteiger partial charge in [0.2, 0.25) is 0 Å². The largest absolute Gasteiger partial charge is 0.426 e. The number of esters is 1. The predicted molar refractivity (Wildman–Crippen MR) is 147 cm³/mol. The number of carbonyl (C=O) groups excluding carboxylic acids is 1. The highest BCUT2D eigenvalue weighted by Gasteiger charge is 2.38. The van der Waals surface area contributed by atoms with Crippen LogP contribution in [-0.2, 0) is 11.2 Å². The van der Waals surface area contributed by atoms with Crippen molar-refractivity contribution < 1.29 is 9.53 Å². The summed E-state index contributed by atoms with van der Waals surface area (Å²) in [6.07, 6.45) is 17.4. The van der Waals surface area contributed by atoms with Crippen molar-refractivity contribution >= 4 is 17.3 Å². The maximum absolute atomic E-state index is 12.8. The van der Waals surface area contributed by atoms with E-state index in [4.69, 9.17) is 4.74 Å². The molecule has 0 amide bonds. The smallest absolute Gasteiger partial charge is 0.314 e. The first-order valence-electron chi connectivity index (χ1n) is 14.1. The number of nitriles is 1. The van der Waals surface area contributed by atoms with Crippen molar-refractivity contribution in [3.05, 3.63) is 29.3 Å². The highest BCUT2D eigenvalue weighted by atomic mass is 32.1. The van der Waals surface area contributed by atoms with E-state index in [0.29, 0.717) is 5.75 Å². The Balaban J connectivity index is 1.44. The van der Waals surface area contributed by atoms with Crippen LogP contribution in [-0.4, -0.2) is 16.2 Å². The molecule has 1 saturated carbocycles. The summed E-state index contributed by atoms with van der Waals surface area (Å²) >= 11 is 1.65. The van der Waals surface area contributed by atoms with Gasteiger partial charge in [-0.2, -0.15) is 5.26 Å². The molecule has 1 aliphatic carbocycles. The zero-order valence-corrected chi connectivity index (χ0v) is 23.1. The van der Waals surface area contributed by atoms with Crippen LogP contribution in [0.4, 0.5) is 0 Å². The van der Waals surface area contributed by atoms with Gasteiger partial charge in [-0.05, 0) is 62.8 Å². The molecule has 1 fully saturated rings. The van der Waals surface area contributed by atoms with E-state index in [2.05, 4.69) is 30.1 Å². The maximum atomic E-state index is 12.8. The van der Waals surface area contributed by atoms with Crippen LogP contribution >= 0.6 is 11.3 Å². The van der Waals surface area contributed by atoms with Gasteiger partial charge in [-0.25, -0.2) is 0 Å². The standard InChI is InChI=1S/C30H43N3O2S/c1-3-5-7-9-11-13-27-32-33-28(36-27)24-14-16-26(17-15-24)35-29(34)25-18-21-30(23-31,22-19-25)20-12-10-8-6-4-2/h14-17,25H,3-13,18-22H2,1-2H3. The van der Waals surface area contributed by atoms with Gasteiger partial charge in [0.1, 0.15) is 15.8 Å². The van der Waals surface area contributed by atoms with Crippen molar-refractivity contribution in [2.75, 3.05) is 0 Å². The summed E-state index contributed by atoms with van der Waals surface area (Å²) in [4.78, 5) is 12.8. The Bertz CT molecular complexity index is 955. The number of unbranched alkanes of at least 4 members (excludes halogenated alkanes) is 8. The van der Waals surface area contributed by atoms with Gasteiger partial charge in [-0.15, -0.1) is 10.2 Å². The summed E-state index contributed by atoms with van der Waals surface area (Å²) in [6, 6.07) is 10.2. The molecule has 196 valence electrons. The van der Waals surface area contributed by atoms with Crippen LogP contribution < -0.4 is 4.74 Å². The quantitative estimate of drug-likeness (QED) is 0.136. The fraction of sp³-hybridized carbons (Fsp3) is 0.667. The lowest BCUT2D eigenvalue weighted by Gasteiger charge is -2.34. The lowest BCUT2D eigenvalue weighted by atomic mass is 9.69. The fourth-order valence-electron chi connectivity index (χ4n) is 5.11. The number of hydrogen-bond donors (Lipinski definition) is 0. The van der Waals surface area contributed by atoms with Crippen LogP contribution in [0.15, 0.2) is 24.3 Å². The van der Waals surface area contributed by atoms with Crippen molar-refractivity contribution in [1.82, 2.24) is 10.2 Å². The topological polar surface area (TPSA) is 75.9 Å².